The van der Waals surface area contributed by atoms with E-state index < -0.39 is 97.5 Å². The van der Waals surface area contributed by atoms with Crippen molar-refractivity contribution in [2.75, 3.05) is 39.6 Å². The molecular weight excluding hydrogens is 1260 g/mol. The largest absolute Gasteiger partial charge is 0.472 e. The fraction of sp³-hybridized carbons (Fsp3) is 0.688. The van der Waals surface area contributed by atoms with E-state index in [9.17, 15) is 43.2 Å². The lowest BCUT2D eigenvalue weighted by Crippen LogP contribution is -2.30. The first kappa shape index (κ1) is 91.5. The number of hydrogen-bond acceptors (Lipinski definition) is 15. The first-order valence-electron chi connectivity index (χ1n) is 36.8. The van der Waals surface area contributed by atoms with E-state index in [2.05, 4.69) is 149 Å². The van der Waals surface area contributed by atoms with Crippen LogP contribution in [0.1, 0.15) is 285 Å². The number of phosphoric ester groups is 2. The van der Waals surface area contributed by atoms with Gasteiger partial charge < -0.3 is 33.8 Å². The van der Waals surface area contributed by atoms with E-state index in [-0.39, 0.29) is 25.7 Å². The number of rotatable bonds is 68. The lowest BCUT2D eigenvalue weighted by atomic mass is 10.1. The summed E-state index contributed by atoms with van der Waals surface area (Å²) in [5.41, 5.74) is 0. The minimum Gasteiger partial charge on any atom is -0.462 e. The number of aliphatic hydroxyl groups is 1. The number of carbonyl (C=O) groups excluding carboxylic acids is 4. The van der Waals surface area contributed by atoms with Gasteiger partial charge in [-0.1, -0.05) is 239 Å². The Bertz CT molecular complexity index is 2300. The van der Waals surface area contributed by atoms with Crippen LogP contribution in [0.25, 0.3) is 0 Å². The first-order valence-corrected chi connectivity index (χ1v) is 39.8. The maximum Gasteiger partial charge on any atom is 0.472 e. The minimum atomic E-state index is -4.98. The molecule has 5 unspecified atom stereocenters. The van der Waals surface area contributed by atoms with Gasteiger partial charge in [-0.05, 0) is 141 Å². The van der Waals surface area contributed by atoms with E-state index >= 15 is 0 Å². The molecule has 17 nitrogen and oxygen atoms in total. The Kier molecular flexibility index (Phi) is 65.7. The second kappa shape index (κ2) is 69.0. The van der Waals surface area contributed by atoms with Gasteiger partial charge in [0, 0.05) is 25.7 Å². The zero-order valence-corrected chi connectivity index (χ0v) is 61.5. The third kappa shape index (κ3) is 68.0. The van der Waals surface area contributed by atoms with E-state index in [1.165, 1.54) is 25.7 Å². The van der Waals surface area contributed by atoms with Crippen molar-refractivity contribution in [1.29, 1.82) is 0 Å². The molecule has 0 rings (SSSR count). The normalized spacial score (nSPS) is 14.7. The van der Waals surface area contributed by atoms with Gasteiger partial charge in [-0.25, -0.2) is 9.13 Å². The highest BCUT2D eigenvalue weighted by Crippen LogP contribution is 2.45. The number of esters is 4. The molecule has 0 saturated carbocycles. The predicted octanol–water partition coefficient (Wildman–Crippen LogP) is 20.8. The number of hydrogen-bond donors (Lipinski definition) is 3. The summed E-state index contributed by atoms with van der Waals surface area (Å²) in [6.07, 6.45) is 73.5. The van der Waals surface area contributed by atoms with Gasteiger partial charge in [0.15, 0.2) is 12.2 Å². The van der Waals surface area contributed by atoms with Gasteiger partial charge in [0.2, 0.25) is 0 Å². The maximum absolute atomic E-state index is 13.0. The summed E-state index contributed by atoms with van der Waals surface area (Å²) in [5.74, 6) is -2.25. The van der Waals surface area contributed by atoms with Crippen molar-refractivity contribution >= 4 is 39.5 Å². The zero-order chi connectivity index (χ0) is 70.4. The highest BCUT2D eigenvalue weighted by atomic mass is 31.2. The van der Waals surface area contributed by atoms with Crippen LogP contribution in [0.3, 0.4) is 0 Å². The van der Waals surface area contributed by atoms with Gasteiger partial charge in [-0.2, -0.15) is 0 Å². The summed E-state index contributed by atoms with van der Waals surface area (Å²) in [6.45, 7) is 4.47. The molecular formula is C77H130O17P2. The van der Waals surface area contributed by atoms with Crippen LogP contribution in [0.2, 0.25) is 0 Å². The van der Waals surface area contributed by atoms with Crippen molar-refractivity contribution in [2.24, 2.45) is 0 Å². The quantitative estimate of drug-likeness (QED) is 0.0169. The molecule has 0 aliphatic heterocycles. The van der Waals surface area contributed by atoms with E-state index in [1.54, 1.807) is 0 Å². The van der Waals surface area contributed by atoms with Crippen LogP contribution in [0.5, 0.6) is 0 Å². The number of allylic oxidation sites excluding steroid dienone is 20. The molecule has 0 aliphatic rings. The zero-order valence-electron chi connectivity index (χ0n) is 59.8. The number of carbonyl (C=O) groups is 4. The summed E-state index contributed by atoms with van der Waals surface area (Å²) in [5, 5.41) is 10.6. The van der Waals surface area contributed by atoms with Crippen LogP contribution < -0.4 is 0 Å². The maximum atomic E-state index is 13.0. The summed E-state index contributed by atoms with van der Waals surface area (Å²) in [4.78, 5) is 72.6. The molecule has 0 amide bonds. The lowest BCUT2D eigenvalue weighted by molar-refractivity contribution is -0.161. The molecule has 5 atom stereocenters. The molecule has 0 spiro atoms. The smallest absolute Gasteiger partial charge is 0.462 e. The second-order valence-corrected chi connectivity index (χ2v) is 27.0. The monoisotopic (exact) mass is 1390 g/mol. The van der Waals surface area contributed by atoms with E-state index in [0.717, 1.165) is 180 Å². The summed E-state index contributed by atoms with van der Waals surface area (Å²) < 4.78 is 68.2. The van der Waals surface area contributed by atoms with Crippen LogP contribution in [0.4, 0.5) is 0 Å². The molecule has 3 N–H and O–H groups in total. The van der Waals surface area contributed by atoms with Crippen molar-refractivity contribution in [3.63, 3.8) is 0 Å². The fourth-order valence-electron chi connectivity index (χ4n) is 9.28. The number of phosphoric acid groups is 2. The van der Waals surface area contributed by atoms with Crippen molar-refractivity contribution < 1.29 is 80.2 Å². The van der Waals surface area contributed by atoms with Crippen molar-refractivity contribution in [1.82, 2.24) is 0 Å². The van der Waals surface area contributed by atoms with Gasteiger partial charge in [-0.15, -0.1) is 0 Å². The van der Waals surface area contributed by atoms with Crippen molar-refractivity contribution in [2.45, 2.75) is 303 Å². The summed E-state index contributed by atoms with van der Waals surface area (Å²) in [6, 6.07) is 0. The summed E-state index contributed by atoms with van der Waals surface area (Å²) in [7, 11) is -9.96. The van der Waals surface area contributed by atoms with Crippen LogP contribution in [-0.2, 0) is 65.4 Å². The van der Waals surface area contributed by atoms with Crippen LogP contribution >= 0.6 is 15.6 Å². The molecule has 96 heavy (non-hydrogen) atoms. The molecule has 0 aromatic carbocycles. The molecule has 0 aromatic rings. The molecule has 0 aliphatic carbocycles. The van der Waals surface area contributed by atoms with Gasteiger partial charge in [-0.3, -0.25) is 37.3 Å². The number of aliphatic hydroxyl groups excluding tert-OH is 1. The third-order valence-electron chi connectivity index (χ3n) is 14.9. The fourth-order valence-corrected chi connectivity index (χ4v) is 10.9. The van der Waals surface area contributed by atoms with E-state index in [1.807, 2.05) is 0 Å². The molecule has 0 aromatic heterocycles. The van der Waals surface area contributed by atoms with E-state index in [0.29, 0.717) is 25.7 Å². The third-order valence-corrected chi connectivity index (χ3v) is 16.8. The van der Waals surface area contributed by atoms with Crippen LogP contribution in [-0.4, -0.2) is 96.7 Å². The van der Waals surface area contributed by atoms with Crippen LogP contribution in [0.15, 0.2) is 122 Å². The first-order chi connectivity index (χ1) is 46.7. The summed E-state index contributed by atoms with van der Waals surface area (Å²) >= 11 is 0. The van der Waals surface area contributed by atoms with Crippen LogP contribution in [0, 0.1) is 0 Å². The number of ether oxygens (including phenoxy) is 4. The second-order valence-electron chi connectivity index (χ2n) is 24.1. The Morgan fingerprint density at radius 1 is 0.302 bits per heavy atom. The highest BCUT2D eigenvalue weighted by molar-refractivity contribution is 7.47. The average molecular weight is 1390 g/mol. The molecule has 550 valence electrons. The molecule has 19 heteroatoms. The minimum absolute atomic E-state index is 0.0742. The molecule has 0 fully saturated rings. The Hall–Kier alpha value is -4.54. The highest BCUT2D eigenvalue weighted by Gasteiger charge is 2.30. The van der Waals surface area contributed by atoms with Gasteiger partial charge in [0.1, 0.15) is 19.3 Å². The Morgan fingerprint density at radius 2 is 0.542 bits per heavy atom. The average Bonchev–Trinajstić information content (AvgIpc) is 1.15. The van der Waals surface area contributed by atoms with E-state index in [4.69, 9.17) is 37.0 Å². The van der Waals surface area contributed by atoms with Gasteiger partial charge >= 0.3 is 39.5 Å². The molecule has 0 saturated heterocycles. The Labute approximate surface area is 581 Å². The van der Waals surface area contributed by atoms with Crippen molar-refractivity contribution in [3.05, 3.63) is 122 Å². The molecule has 0 radical (unpaired) electrons. The molecule has 0 bridgehead atoms. The van der Waals surface area contributed by atoms with Gasteiger partial charge in [0.05, 0.1) is 26.4 Å². The lowest BCUT2D eigenvalue weighted by Gasteiger charge is -2.21. The predicted molar refractivity (Wildman–Crippen MR) is 390 cm³/mol. The Morgan fingerprint density at radius 3 is 0.854 bits per heavy atom. The van der Waals surface area contributed by atoms with Crippen molar-refractivity contribution in [3.8, 4) is 0 Å². The number of unbranched alkanes of at least 4 members (excludes halogenated alkanes) is 22. The molecule has 0 heterocycles. The SMILES string of the molecule is CC/C=C\C/C=C\C/C=C\C/C=C\C/C=C\CCCCCC(=O)OCC(COP(=O)(O)OCC(O)COP(=O)(O)OCC(COC(=O)CCCCCCC/C=C\C/C=C\C/C=C\CC)OC(=O)CCCCCCC/C=C\CCCC)OC(=O)CCCCCCC/C=C\CCCC. The van der Waals surface area contributed by atoms with Gasteiger partial charge in [0.25, 0.3) is 0 Å². The topological polar surface area (TPSA) is 237 Å². The standard InChI is InChI=1S/C77H130O17P2/c1-5-9-13-17-21-25-29-31-33-34-35-36-38-40-44-46-50-54-58-62-75(80)88-68-73(94-77(82)64-60-56-52-48-42-28-24-20-16-12-8-4)70-92-96(85,86)90-66-71(78)65-89-95(83,84)91-69-72(93-76(81)63-59-55-51-47-41-27-23-19-15-11-7-3)67-87-74(79)61-57-53-49-45-43-39-37-32-30-26-22-18-14-10-6-2/h9-10,13-14,19-26,31-33,35-37,40,44,71-73,78H,5-8,11-12,15-18,27-30,34,38-39,41-43,45-70H2,1-4H3,(H,83,84)(H,85,86)/b13-9-,14-10-,23-19-,24-20-,25-21-,26-22-,33-31-,36-35-,37-32-,44-40-. The Balaban J connectivity index is 5.33.